The number of furan rings is 1. The molecule has 1 saturated carbocycles. The second-order valence-corrected chi connectivity index (χ2v) is 6.36. The van der Waals surface area contributed by atoms with Gasteiger partial charge in [0.15, 0.2) is 0 Å². The molecule has 1 fully saturated rings. The van der Waals surface area contributed by atoms with E-state index in [-0.39, 0.29) is 17.4 Å². The summed E-state index contributed by atoms with van der Waals surface area (Å²) in [5.74, 6) is 1.92. The summed E-state index contributed by atoms with van der Waals surface area (Å²) in [6, 6.07) is 4.05. The maximum Gasteiger partial charge on any atom is 0.223 e. The largest absolute Gasteiger partial charge is 0.464 e. The summed E-state index contributed by atoms with van der Waals surface area (Å²) in [6.45, 7) is 7.17. The standard InChI is InChI=1S/C16H26N2O2/c1-12(2)18(10-14-6-5-13(3)20-14)15(19)9-16(11-17)7-4-8-16/h5-6,12H,4,7-11,17H2,1-3H3. The minimum absolute atomic E-state index is 0.0588. The van der Waals surface area contributed by atoms with Crippen molar-refractivity contribution in [2.75, 3.05) is 6.54 Å². The number of carbonyl (C=O) groups is 1. The van der Waals surface area contributed by atoms with Gasteiger partial charge in [0.05, 0.1) is 6.54 Å². The summed E-state index contributed by atoms with van der Waals surface area (Å²) in [5.41, 5.74) is 5.92. The summed E-state index contributed by atoms with van der Waals surface area (Å²) in [4.78, 5) is 14.5. The van der Waals surface area contributed by atoms with Crippen molar-refractivity contribution in [3.05, 3.63) is 23.7 Å². The van der Waals surface area contributed by atoms with Crippen LogP contribution >= 0.6 is 0 Å². The lowest BCUT2D eigenvalue weighted by Gasteiger charge is -2.42. The van der Waals surface area contributed by atoms with Crippen molar-refractivity contribution < 1.29 is 9.21 Å². The zero-order valence-corrected chi connectivity index (χ0v) is 12.8. The van der Waals surface area contributed by atoms with Crippen LogP contribution in [0.4, 0.5) is 0 Å². The van der Waals surface area contributed by atoms with E-state index in [1.165, 1.54) is 6.42 Å². The average molecular weight is 278 g/mol. The van der Waals surface area contributed by atoms with Crippen LogP contribution < -0.4 is 5.73 Å². The number of rotatable bonds is 6. The topological polar surface area (TPSA) is 59.5 Å². The van der Waals surface area contributed by atoms with Crippen LogP contribution in [0, 0.1) is 12.3 Å². The van der Waals surface area contributed by atoms with Crippen LogP contribution in [0.5, 0.6) is 0 Å². The van der Waals surface area contributed by atoms with Crippen LogP contribution in [0.15, 0.2) is 16.5 Å². The lowest BCUT2D eigenvalue weighted by atomic mass is 9.66. The molecule has 0 spiro atoms. The Morgan fingerprint density at radius 1 is 1.45 bits per heavy atom. The van der Waals surface area contributed by atoms with Gasteiger partial charge >= 0.3 is 0 Å². The molecule has 0 aliphatic heterocycles. The van der Waals surface area contributed by atoms with Gasteiger partial charge < -0.3 is 15.1 Å². The first-order valence-corrected chi connectivity index (χ1v) is 7.51. The third-order valence-corrected chi connectivity index (χ3v) is 4.44. The Morgan fingerprint density at radius 2 is 2.15 bits per heavy atom. The number of aryl methyl sites for hydroxylation is 1. The number of nitrogens with zero attached hydrogens (tertiary/aromatic N) is 1. The smallest absolute Gasteiger partial charge is 0.223 e. The van der Waals surface area contributed by atoms with Crippen molar-refractivity contribution in [1.29, 1.82) is 0 Å². The van der Waals surface area contributed by atoms with E-state index in [2.05, 4.69) is 0 Å². The number of hydrogen-bond acceptors (Lipinski definition) is 3. The number of nitrogens with two attached hydrogens (primary N) is 1. The molecule has 1 aliphatic carbocycles. The van der Waals surface area contributed by atoms with Crippen LogP contribution in [0.2, 0.25) is 0 Å². The predicted octanol–water partition coefficient (Wildman–Crippen LogP) is 2.84. The maximum atomic E-state index is 12.6. The van der Waals surface area contributed by atoms with Crippen LogP contribution in [-0.4, -0.2) is 23.4 Å². The minimum Gasteiger partial charge on any atom is -0.464 e. The molecule has 1 heterocycles. The molecule has 1 aliphatic rings. The first-order valence-electron chi connectivity index (χ1n) is 7.51. The van der Waals surface area contributed by atoms with Crippen LogP contribution in [0.3, 0.4) is 0 Å². The van der Waals surface area contributed by atoms with Gasteiger partial charge in [-0.1, -0.05) is 6.42 Å². The zero-order valence-electron chi connectivity index (χ0n) is 12.8. The third kappa shape index (κ3) is 3.23. The minimum atomic E-state index is 0.0588. The van der Waals surface area contributed by atoms with Gasteiger partial charge in [0.25, 0.3) is 0 Å². The van der Waals surface area contributed by atoms with Gasteiger partial charge in [-0.25, -0.2) is 0 Å². The highest BCUT2D eigenvalue weighted by molar-refractivity contribution is 5.77. The molecule has 4 heteroatoms. The van der Waals surface area contributed by atoms with Gasteiger partial charge in [0.1, 0.15) is 11.5 Å². The summed E-state index contributed by atoms with van der Waals surface area (Å²) in [5, 5.41) is 0. The van der Waals surface area contributed by atoms with E-state index >= 15 is 0 Å². The van der Waals surface area contributed by atoms with E-state index in [0.29, 0.717) is 19.5 Å². The quantitative estimate of drug-likeness (QED) is 0.870. The van der Waals surface area contributed by atoms with Crippen molar-refractivity contribution in [2.45, 2.75) is 59.0 Å². The Balaban J connectivity index is 2.02. The summed E-state index contributed by atoms with van der Waals surface area (Å²) in [7, 11) is 0. The average Bonchev–Trinajstić information content (AvgIpc) is 2.76. The molecule has 1 aromatic rings. The van der Waals surface area contributed by atoms with Gasteiger partial charge in [0.2, 0.25) is 5.91 Å². The van der Waals surface area contributed by atoms with E-state index in [1.807, 2.05) is 37.8 Å². The Kier molecular flexibility index (Phi) is 4.53. The molecule has 1 amide bonds. The Hall–Kier alpha value is -1.29. The molecule has 0 bridgehead atoms. The normalized spacial score (nSPS) is 17.1. The Morgan fingerprint density at radius 3 is 2.55 bits per heavy atom. The second kappa shape index (κ2) is 6.00. The molecule has 0 aromatic carbocycles. The molecule has 1 aromatic heterocycles. The highest BCUT2D eigenvalue weighted by Crippen LogP contribution is 2.43. The van der Waals surface area contributed by atoms with Gasteiger partial charge in [-0.15, -0.1) is 0 Å². The van der Waals surface area contributed by atoms with E-state index in [0.717, 1.165) is 24.4 Å². The monoisotopic (exact) mass is 278 g/mol. The maximum absolute atomic E-state index is 12.6. The third-order valence-electron chi connectivity index (χ3n) is 4.44. The van der Waals surface area contributed by atoms with Crippen molar-refractivity contribution in [3.8, 4) is 0 Å². The van der Waals surface area contributed by atoms with Crippen molar-refractivity contribution in [2.24, 2.45) is 11.1 Å². The molecule has 2 N–H and O–H groups in total. The molecular formula is C16H26N2O2. The molecule has 20 heavy (non-hydrogen) atoms. The first kappa shape index (κ1) is 15.1. The van der Waals surface area contributed by atoms with Crippen LogP contribution in [-0.2, 0) is 11.3 Å². The van der Waals surface area contributed by atoms with Crippen LogP contribution in [0.1, 0.15) is 51.1 Å². The highest BCUT2D eigenvalue weighted by Gasteiger charge is 2.39. The van der Waals surface area contributed by atoms with E-state index in [9.17, 15) is 4.79 Å². The van der Waals surface area contributed by atoms with E-state index in [1.54, 1.807) is 0 Å². The number of amides is 1. The van der Waals surface area contributed by atoms with Gasteiger partial charge in [-0.3, -0.25) is 4.79 Å². The molecule has 2 rings (SSSR count). The van der Waals surface area contributed by atoms with Crippen molar-refractivity contribution >= 4 is 5.91 Å². The second-order valence-electron chi connectivity index (χ2n) is 6.36. The molecule has 0 radical (unpaired) electrons. The van der Waals surface area contributed by atoms with Gasteiger partial charge in [0, 0.05) is 12.5 Å². The van der Waals surface area contributed by atoms with Crippen molar-refractivity contribution in [3.63, 3.8) is 0 Å². The molecule has 112 valence electrons. The first-order chi connectivity index (χ1) is 9.46. The number of carbonyl (C=O) groups excluding carboxylic acids is 1. The SMILES string of the molecule is Cc1ccc(CN(C(=O)CC2(CN)CCC2)C(C)C)o1. The van der Waals surface area contributed by atoms with Gasteiger partial charge in [-0.05, 0) is 57.7 Å². The molecule has 0 saturated heterocycles. The van der Waals surface area contributed by atoms with E-state index in [4.69, 9.17) is 10.2 Å². The Labute approximate surface area is 121 Å². The Bertz CT molecular complexity index is 455. The predicted molar refractivity (Wildman–Crippen MR) is 79.1 cm³/mol. The zero-order chi connectivity index (χ0) is 14.8. The molecule has 0 unspecified atom stereocenters. The fraction of sp³-hybridized carbons (Fsp3) is 0.688. The highest BCUT2D eigenvalue weighted by atomic mass is 16.3. The van der Waals surface area contributed by atoms with Crippen LogP contribution in [0.25, 0.3) is 0 Å². The molecule has 0 atom stereocenters. The van der Waals surface area contributed by atoms with E-state index < -0.39 is 0 Å². The molecule has 4 nitrogen and oxygen atoms in total. The lowest BCUT2D eigenvalue weighted by molar-refractivity contribution is -0.137. The van der Waals surface area contributed by atoms with Crippen molar-refractivity contribution in [1.82, 2.24) is 4.90 Å². The lowest BCUT2D eigenvalue weighted by Crippen LogP contribution is -2.44. The molecular weight excluding hydrogens is 252 g/mol. The number of hydrogen-bond donors (Lipinski definition) is 1. The fourth-order valence-electron chi connectivity index (χ4n) is 2.85. The van der Waals surface area contributed by atoms with Gasteiger partial charge in [-0.2, -0.15) is 0 Å². The summed E-state index contributed by atoms with van der Waals surface area (Å²) in [6.07, 6.45) is 3.94. The fourth-order valence-corrected chi connectivity index (χ4v) is 2.85. The summed E-state index contributed by atoms with van der Waals surface area (Å²) < 4.78 is 5.59. The summed E-state index contributed by atoms with van der Waals surface area (Å²) >= 11 is 0.